The van der Waals surface area contributed by atoms with Gasteiger partial charge in [0.1, 0.15) is 5.82 Å². The summed E-state index contributed by atoms with van der Waals surface area (Å²) < 4.78 is 11.1. The SMILES string of the molecule is Cc1cc(Nc2ccc(C3OCCCO3)cn2)ccn1. The minimum Gasteiger partial charge on any atom is -0.348 e. The van der Waals surface area contributed by atoms with Crippen molar-refractivity contribution in [2.45, 2.75) is 19.6 Å². The van der Waals surface area contributed by atoms with E-state index in [0.29, 0.717) is 0 Å². The first kappa shape index (κ1) is 13.0. The van der Waals surface area contributed by atoms with Crippen LogP contribution in [-0.4, -0.2) is 23.2 Å². The van der Waals surface area contributed by atoms with Crippen molar-refractivity contribution in [2.75, 3.05) is 18.5 Å². The topological polar surface area (TPSA) is 56.3 Å². The third kappa shape index (κ3) is 3.12. The highest BCUT2D eigenvalue weighted by molar-refractivity contribution is 5.55. The largest absolute Gasteiger partial charge is 0.348 e. The number of rotatable bonds is 3. The Kier molecular flexibility index (Phi) is 3.90. The van der Waals surface area contributed by atoms with Crippen LogP contribution in [0, 0.1) is 6.92 Å². The molecule has 0 unspecified atom stereocenters. The summed E-state index contributed by atoms with van der Waals surface area (Å²) in [5.41, 5.74) is 2.89. The predicted molar refractivity (Wildman–Crippen MR) is 75.8 cm³/mol. The number of hydrogen-bond acceptors (Lipinski definition) is 5. The molecule has 0 amide bonds. The molecular weight excluding hydrogens is 254 g/mol. The van der Waals surface area contributed by atoms with Crippen molar-refractivity contribution in [2.24, 2.45) is 0 Å². The van der Waals surface area contributed by atoms with E-state index in [4.69, 9.17) is 9.47 Å². The molecule has 1 fully saturated rings. The number of pyridine rings is 2. The Morgan fingerprint density at radius 3 is 2.70 bits per heavy atom. The molecule has 104 valence electrons. The fourth-order valence-electron chi connectivity index (χ4n) is 2.07. The molecule has 0 aromatic carbocycles. The molecule has 5 nitrogen and oxygen atoms in total. The molecule has 0 atom stereocenters. The van der Waals surface area contributed by atoms with Gasteiger partial charge in [0.15, 0.2) is 6.29 Å². The van der Waals surface area contributed by atoms with Crippen LogP contribution in [0.2, 0.25) is 0 Å². The van der Waals surface area contributed by atoms with Crippen molar-refractivity contribution in [3.8, 4) is 0 Å². The zero-order valence-corrected chi connectivity index (χ0v) is 11.4. The third-order valence-corrected chi connectivity index (χ3v) is 3.05. The molecule has 2 aromatic heterocycles. The highest BCUT2D eigenvalue weighted by atomic mass is 16.7. The van der Waals surface area contributed by atoms with Crippen molar-refractivity contribution >= 4 is 11.5 Å². The number of nitrogens with zero attached hydrogens (tertiary/aromatic N) is 2. The van der Waals surface area contributed by atoms with Crippen LogP contribution in [0.15, 0.2) is 36.7 Å². The van der Waals surface area contributed by atoms with Crippen LogP contribution >= 0.6 is 0 Å². The molecule has 1 saturated heterocycles. The summed E-state index contributed by atoms with van der Waals surface area (Å²) in [6.07, 6.45) is 4.22. The molecule has 1 N–H and O–H groups in total. The maximum Gasteiger partial charge on any atom is 0.185 e. The Hall–Kier alpha value is -1.98. The lowest BCUT2D eigenvalue weighted by atomic mass is 10.2. The van der Waals surface area contributed by atoms with Crippen LogP contribution in [-0.2, 0) is 9.47 Å². The first-order chi connectivity index (χ1) is 9.81. The van der Waals surface area contributed by atoms with E-state index in [-0.39, 0.29) is 6.29 Å². The van der Waals surface area contributed by atoms with E-state index in [9.17, 15) is 0 Å². The molecule has 0 aliphatic carbocycles. The summed E-state index contributed by atoms with van der Waals surface area (Å²) in [5, 5.41) is 3.24. The van der Waals surface area contributed by atoms with E-state index in [1.165, 1.54) is 0 Å². The summed E-state index contributed by atoms with van der Waals surface area (Å²) in [5.74, 6) is 0.787. The van der Waals surface area contributed by atoms with Crippen molar-refractivity contribution < 1.29 is 9.47 Å². The maximum atomic E-state index is 5.55. The molecule has 3 rings (SSSR count). The van der Waals surface area contributed by atoms with Crippen LogP contribution in [0.1, 0.15) is 24.0 Å². The Bertz CT molecular complexity index is 566. The van der Waals surface area contributed by atoms with Gasteiger partial charge in [0, 0.05) is 29.3 Å². The van der Waals surface area contributed by atoms with E-state index < -0.39 is 0 Å². The molecule has 5 heteroatoms. The lowest BCUT2D eigenvalue weighted by Gasteiger charge is -2.23. The van der Waals surface area contributed by atoms with E-state index in [0.717, 1.165) is 42.4 Å². The normalized spacial score (nSPS) is 16.1. The van der Waals surface area contributed by atoms with Crippen molar-refractivity contribution in [1.29, 1.82) is 0 Å². The monoisotopic (exact) mass is 271 g/mol. The Labute approximate surface area is 118 Å². The van der Waals surface area contributed by atoms with Gasteiger partial charge in [0.2, 0.25) is 0 Å². The second-order valence-electron chi connectivity index (χ2n) is 4.71. The molecule has 20 heavy (non-hydrogen) atoms. The zero-order chi connectivity index (χ0) is 13.8. The Balaban J connectivity index is 1.69. The van der Waals surface area contributed by atoms with Gasteiger partial charge in [-0.1, -0.05) is 0 Å². The minimum atomic E-state index is -0.284. The van der Waals surface area contributed by atoms with E-state index in [2.05, 4.69) is 15.3 Å². The summed E-state index contributed by atoms with van der Waals surface area (Å²) in [7, 11) is 0. The first-order valence-corrected chi connectivity index (χ1v) is 6.70. The standard InChI is InChI=1S/C15H17N3O2/c1-11-9-13(5-6-16-11)18-14-4-3-12(10-17-14)15-19-7-2-8-20-15/h3-6,9-10,15H,2,7-8H2,1H3,(H,16,17,18). The van der Waals surface area contributed by atoms with Crippen LogP contribution in [0.5, 0.6) is 0 Å². The minimum absolute atomic E-state index is 0.284. The molecule has 0 radical (unpaired) electrons. The molecule has 1 aliphatic heterocycles. The van der Waals surface area contributed by atoms with Gasteiger partial charge in [-0.2, -0.15) is 0 Å². The quantitative estimate of drug-likeness (QED) is 0.930. The first-order valence-electron chi connectivity index (χ1n) is 6.70. The number of ether oxygens (including phenoxy) is 2. The summed E-state index contributed by atoms with van der Waals surface area (Å²) in [6.45, 7) is 3.43. The van der Waals surface area contributed by atoms with Gasteiger partial charge in [-0.25, -0.2) is 4.98 Å². The van der Waals surface area contributed by atoms with Gasteiger partial charge in [0.05, 0.1) is 13.2 Å². The number of hydrogen-bond donors (Lipinski definition) is 1. The Morgan fingerprint density at radius 2 is 2.00 bits per heavy atom. The van der Waals surface area contributed by atoms with Crippen LogP contribution < -0.4 is 5.32 Å². The van der Waals surface area contributed by atoms with Crippen molar-refractivity contribution in [3.05, 3.63) is 47.9 Å². The Morgan fingerprint density at radius 1 is 1.15 bits per heavy atom. The van der Waals surface area contributed by atoms with Gasteiger partial charge in [-0.3, -0.25) is 4.98 Å². The average Bonchev–Trinajstić information content (AvgIpc) is 2.49. The summed E-state index contributed by atoms with van der Waals surface area (Å²) in [4.78, 5) is 8.55. The van der Waals surface area contributed by atoms with Gasteiger partial charge >= 0.3 is 0 Å². The molecular formula is C15H17N3O2. The van der Waals surface area contributed by atoms with E-state index in [1.807, 2.05) is 31.2 Å². The van der Waals surface area contributed by atoms with Gasteiger partial charge in [0.25, 0.3) is 0 Å². The molecule has 0 saturated carbocycles. The molecule has 2 aromatic rings. The van der Waals surface area contributed by atoms with Gasteiger partial charge in [-0.15, -0.1) is 0 Å². The fourth-order valence-corrected chi connectivity index (χ4v) is 2.07. The maximum absolute atomic E-state index is 5.55. The smallest absolute Gasteiger partial charge is 0.185 e. The van der Waals surface area contributed by atoms with Crippen LogP contribution in [0.25, 0.3) is 0 Å². The summed E-state index contributed by atoms with van der Waals surface area (Å²) in [6, 6.07) is 7.78. The molecule has 0 spiro atoms. The number of aryl methyl sites for hydroxylation is 1. The summed E-state index contributed by atoms with van der Waals surface area (Å²) >= 11 is 0. The van der Waals surface area contributed by atoms with Gasteiger partial charge in [-0.05, 0) is 37.6 Å². The highest BCUT2D eigenvalue weighted by Crippen LogP contribution is 2.23. The molecule has 0 bridgehead atoms. The lowest BCUT2D eigenvalue weighted by molar-refractivity contribution is -0.183. The number of aromatic nitrogens is 2. The number of anilines is 2. The molecule has 1 aliphatic rings. The number of nitrogens with one attached hydrogen (secondary N) is 1. The van der Waals surface area contributed by atoms with Crippen molar-refractivity contribution in [3.63, 3.8) is 0 Å². The van der Waals surface area contributed by atoms with Crippen molar-refractivity contribution in [1.82, 2.24) is 9.97 Å². The zero-order valence-electron chi connectivity index (χ0n) is 11.4. The molecule has 3 heterocycles. The fraction of sp³-hybridized carbons (Fsp3) is 0.333. The second kappa shape index (κ2) is 5.98. The highest BCUT2D eigenvalue weighted by Gasteiger charge is 2.16. The van der Waals surface area contributed by atoms with Gasteiger partial charge < -0.3 is 14.8 Å². The predicted octanol–water partition coefficient (Wildman–Crippen LogP) is 2.96. The van der Waals surface area contributed by atoms with E-state index >= 15 is 0 Å². The second-order valence-corrected chi connectivity index (χ2v) is 4.71. The lowest BCUT2D eigenvalue weighted by Crippen LogP contribution is -2.17. The van der Waals surface area contributed by atoms with Crippen LogP contribution in [0.3, 0.4) is 0 Å². The average molecular weight is 271 g/mol. The third-order valence-electron chi connectivity index (χ3n) is 3.05. The van der Waals surface area contributed by atoms with Crippen LogP contribution in [0.4, 0.5) is 11.5 Å². The van der Waals surface area contributed by atoms with E-state index in [1.54, 1.807) is 12.4 Å².